The largest absolute Gasteiger partial charge is 0.489 e. The highest BCUT2D eigenvalue weighted by atomic mass is 35.5. The van der Waals surface area contributed by atoms with Gasteiger partial charge in [0.25, 0.3) is 10.0 Å². The predicted molar refractivity (Wildman–Crippen MR) is 145 cm³/mol. The van der Waals surface area contributed by atoms with E-state index in [0.29, 0.717) is 62.3 Å². The summed E-state index contributed by atoms with van der Waals surface area (Å²) in [5, 5.41) is 0.439. The van der Waals surface area contributed by atoms with Gasteiger partial charge in [0.1, 0.15) is 12.4 Å². The molecule has 0 spiro atoms. The zero-order valence-electron chi connectivity index (χ0n) is 21.0. The van der Waals surface area contributed by atoms with Gasteiger partial charge in [-0.25, -0.2) is 18.4 Å². The number of rotatable bonds is 11. The van der Waals surface area contributed by atoms with E-state index in [0.717, 1.165) is 5.56 Å². The van der Waals surface area contributed by atoms with E-state index in [-0.39, 0.29) is 23.1 Å². The lowest BCUT2D eigenvalue weighted by atomic mass is 10.1. The summed E-state index contributed by atoms with van der Waals surface area (Å²) in [6.45, 7) is 3.12. The van der Waals surface area contributed by atoms with Crippen LogP contribution >= 0.6 is 11.6 Å². The number of aromatic nitrogens is 2. The Morgan fingerprint density at radius 2 is 1.74 bits per heavy atom. The summed E-state index contributed by atoms with van der Waals surface area (Å²) in [6.07, 6.45) is 4.17. The summed E-state index contributed by atoms with van der Waals surface area (Å²) in [5.74, 6) is 1.08. The van der Waals surface area contributed by atoms with E-state index < -0.39 is 10.0 Å². The summed E-state index contributed by atoms with van der Waals surface area (Å²) in [4.78, 5) is 25.4. The highest BCUT2D eigenvalue weighted by Gasteiger charge is 2.23. The van der Waals surface area contributed by atoms with E-state index in [4.69, 9.17) is 21.1 Å². The average Bonchev–Trinajstić information content (AvgIpc) is 2.93. The molecule has 0 unspecified atom stereocenters. The van der Waals surface area contributed by atoms with Gasteiger partial charge in [-0.05, 0) is 54.4 Å². The van der Waals surface area contributed by atoms with Crippen molar-refractivity contribution >= 4 is 39.2 Å². The van der Waals surface area contributed by atoms with Crippen molar-refractivity contribution in [3.8, 4) is 5.75 Å². The molecule has 2 heterocycles. The molecule has 4 rings (SSSR count). The Hall–Kier alpha value is -3.41. The SMILES string of the molecule is COCCOc1ccc(CCC(=O)N2CCN(c3ncccn3)CC2)cc1NS(=O)(=O)c1ccc(Cl)cc1. The molecule has 1 amide bonds. The molecule has 1 aromatic heterocycles. The van der Waals surface area contributed by atoms with Crippen molar-refractivity contribution < 1.29 is 22.7 Å². The number of nitrogens with one attached hydrogen (secondary N) is 1. The van der Waals surface area contributed by atoms with Crippen LogP contribution in [0.4, 0.5) is 11.6 Å². The van der Waals surface area contributed by atoms with Crippen molar-refractivity contribution in [1.82, 2.24) is 14.9 Å². The molecule has 1 saturated heterocycles. The van der Waals surface area contributed by atoms with Gasteiger partial charge in [-0.15, -0.1) is 0 Å². The third-order valence-corrected chi connectivity index (χ3v) is 7.69. The number of hydrogen-bond acceptors (Lipinski definition) is 8. The van der Waals surface area contributed by atoms with Crippen molar-refractivity contribution in [3.05, 3.63) is 71.5 Å². The maximum absolute atomic E-state index is 13.0. The molecule has 38 heavy (non-hydrogen) atoms. The van der Waals surface area contributed by atoms with Crippen LogP contribution in [-0.2, 0) is 26.0 Å². The van der Waals surface area contributed by atoms with E-state index in [1.807, 2.05) is 11.0 Å². The lowest BCUT2D eigenvalue weighted by Crippen LogP contribution is -2.49. The van der Waals surface area contributed by atoms with Crippen LogP contribution in [0.1, 0.15) is 12.0 Å². The topological polar surface area (TPSA) is 114 Å². The van der Waals surface area contributed by atoms with E-state index >= 15 is 0 Å². The van der Waals surface area contributed by atoms with Crippen molar-refractivity contribution in [2.45, 2.75) is 17.7 Å². The number of aryl methyl sites for hydroxylation is 1. The lowest BCUT2D eigenvalue weighted by Gasteiger charge is -2.34. The molecule has 1 aliphatic heterocycles. The van der Waals surface area contributed by atoms with Gasteiger partial charge in [0, 0.05) is 57.1 Å². The summed E-state index contributed by atoms with van der Waals surface area (Å²) >= 11 is 5.90. The van der Waals surface area contributed by atoms with Crippen molar-refractivity contribution in [1.29, 1.82) is 0 Å². The Kier molecular flexibility index (Phi) is 9.38. The Labute approximate surface area is 227 Å². The number of nitrogens with zero attached hydrogens (tertiary/aromatic N) is 4. The molecule has 10 nitrogen and oxygen atoms in total. The number of carbonyl (C=O) groups is 1. The van der Waals surface area contributed by atoms with Crippen LogP contribution in [0, 0.1) is 0 Å². The molecule has 202 valence electrons. The van der Waals surface area contributed by atoms with Gasteiger partial charge in [-0.1, -0.05) is 17.7 Å². The van der Waals surface area contributed by atoms with Gasteiger partial charge in [0.2, 0.25) is 11.9 Å². The predicted octanol–water partition coefficient (Wildman–Crippen LogP) is 3.24. The summed E-state index contributed by atoms with van der Waals surface area (Å²) in [6, 6.07) is 12.9. The fraction of sp³-hybridized carbons (Fsp3) is 0.346. The van der Waals surface area contributed by atoms with Crippen LogP contribution in [0.15, 0.2) is 65.8 Å². The zero-order chi connectivity index (χ0) is 27.0. The van der Waals surface area contributed by atoms with Gasteiger partial charge in [-0.3, -0.25) is 9.52 Å². The van der Waals surface area contributed by atoms with Gasteiger partial charge >= 0.3 is 0 Å². The molecule has 1 aliphatic rings. The standard InChI is InChI=1S/C26H30ClN5O5S/c1-36-17-18-37-24-9-3-20(19-23(24)30-38(34,35)22-7-5-21(27)6-8-22)4-10-25(33)31-13-15-32(16-14-31)26-28-11-2-12-29-26/h2-3,5-9,11-12,19,30H,4,10,13-18H2,1H3. The number of sulfonamides is 1. The first-order valence-electron chi connectivity index (χ1n) is 12.2. The number of methoxy groups -OCH3 is 1. The summed E-state index contributed by atoms with van der Waals surface area (Å²) < 4.78 is 39.4. The second-order valence-corrected chi connectivity index (χ2v) is 10.8. The van der Waals surface area contributed by atoms with Crippen molar-refractivity contribution in [2.75, 3.05) is 56.1 Å². The minimum absolute atomic E-state index is 0.0438. The molecular weight excluding hydrogens is 530 g/mol. The molecular formula is C26H30ClN5O5S. The number of ether oxygens (including phenoxy) is 2. The first-order chi connectivity index (χ1) is 18.4. The minimum atomic E-state index is -3.89. The van der Waals surface area contributed by atoms with Gasteiger partial charge in [-0.2, -0.15) is 0 Å². The molecule has 12 heteroatoms. The highest BCUT2D eigenvalue weighted by Crippen LogP contribution is 2.29. The lowest BCUT2D eigenvalue weighted by molar-refractivity contribution is -0.131. The van der Waals surface area contributed by atoms with Crippen LogP contribution in [0.25, 0.3) is 0 Å². The smallest absolute Gasteiger partial charge is 0.262 e. The first kappa shape index (κ1) is 27.6. The number of halogens is 1. The quantitative estimate of drug-likeness (QED) is 0.356. The molecule has 0 aliphatic carbocycles. The molecule has 2 aromatic carbocycles. The molecule has 1 fully saturated rings. The van der Waals surface area contributed by atoms with Crippen molar-refractivity contribution in [3.63, 3.8) is 0 Å². The molecule has 3 aromatic rings. The van der Waals surface area contributed by atoms with Crippen LogP contribution < -0.4 is 14.4 Å². The van der Waals surface area contributed by atoms with Crippen LogP contribution in [0.3, 0.4) is 0 Å². The summed E-state index contributed by atoms with van der Waals surface area (Å²) in [7, 11) is -2.33. The normalized spacial score (nSPS) is 13.8. The number of amides is 1. The third kappa shape index (κ3) is 7.33. The van der Waals surface area contributed by atoms with E-state index in [1.54, 1.807) is 37.7 Å². The Bertz CT molecular complexity index is 1320. The fourth-order valence-corrected chi connectivity index (χ4v) is 5.20. The molecule has 0 bridgehead atoms. The van der Waals surface area contributed by atoms with Gasteiger partial charge in [0.15, 0.2) is 0 Å². The Morgan fingerprint density at radius 3 is 2.42 bits per heavy atom. The number of hydrogen-bond donors (Lipinski definition) is 1. The summed E-state index contributed by atoms with van der Waals surface area (Å²) in [5.41, 5.74) is 1.10. The highest BCUT2D eigenvalue weighted by molar-refractivity contribution is 7.92. The molecule has 1 N–H and O–H groups in total. The number of anilines is 2. The van der Waals surface area contributed by atoms with Crippen LogP contribution in [0.5, 0.6) is 5.75 Å². The zero-order valence-corrected chi connectivity index (χ0v) is 22.6. The molecule has 0 radical (unpaired) electrons. The minimum Gasteiger partial charge on any atom is -0.489 e. The van der Waals surface area contributed by atoms with Crippen LogP contribution in [-0.4, -0.2) is 75.7 Å². The number of carbonyl (C=O) groups excluding carboxylic acids is 1. The average molecular weight is 560 g/mol. The Balaban J connectivity index is 1.40. The van der Waals surface area contributed by atoms with Crippen LogP contribution in [0.2, 0.25) is 5.02 Å². The van der Waals surface area contributed by atoms with Crippen molar-refractivity contribution in [2.24, 2.45) is 0 Å². The maximum Gasteiger partial charge on any atom is 0.262 e. The maximum atomic E-state index is 13.0. The van der Waals surface area contributed by atoms with Gasteiger partial charge in [0.05, 0.1) is 17.2 Å². The monoisotopic (exact) mass is 559 g/mol. The third-order valence-electron chi connectivity index (χ3n) is 6.05. The van der Waals surface area contributed by atoms with E-state index in [9.17, 15) is 13.2 Å². The second-order valence-electron chi connectivity index (χ2n) is 8.65. The second kappa shape index (κ2) is 12.9. The van der Waals surface area contributed by atoms with E-state index in [1.165, 1.54) is 24.3 Å². The van der Waals surface area contributed by atoms with Gasteiger partial charge < -0.3 is 19.3 Å². The first-order valence-corrected chi connectivity index (χ1v) is 14.0. The molecule has 0 saturated carbocycles. The molecule has 0 atom stereocenters. The van der Waals surface area contributed by atoms with E-state index in [2.05, 4.69) is 19.6 Å². The number of piperazine rings is 1. The fourth-order valence-electron chi connectivity index (χ4n) is 4.01. The Morgan fingerprint density at radius 1 is 1.03 bits per heavy atom. The number of benzene rings is 2.